The molecule has 156 valence electrons. The van der Waals surface area contributed by atoms with Crippen molar-refractivity contribution >= 4 is 23.2 Å². The number of nitrogens with zero attached hydrogens (tertiary/aromatic N) is 2. The maximum Gasteiger partial charge on any atom is 0.271 e. The van der Waals surface area contributed by atoms with Crippen LogP contribution in [0.5, 0.6) is 11.6 Å². The smallest absolute Gasteiger partial charge is 0.271 e. The number of aryl methyl sites for hydroxylation is 1. The zero-order valence-corrected chi connectivity index (χ0v) is 17.2. The van der Waals surface area contributed by atoms with Crippen LogP contribution in [0.4, 0.5) is 10.1 Å². The third-order valence-corrected chi connectivity index (χ3v) is 4.66. The number of anilines is 1. The topological polar surface area (TPSA) is 82.5 Å². The average molecular weight is 432 g/mol. The van der Waals surface area contributed by atoms with Gasteiger partial charge >= 0.3 is 0 Å². The number of aromatic nitrogens is 2. The Hall–Kier alpha value is -3.39. The fraction of sp³-hybridized carbons (Fsp3) is 0.190. The number of amides is 1. The van der Waals surface area contributed by atoms with E-state index in [4.69, 9.17) is 21.1 Å². The highest BCUT2D eigenvalue weighted by Crippen LogP contribution is 2.31. The molecule has 0 bridgehead atoms. The molecule has 1 aromatic heterocycles. The second-order valence-corrected chi connectivity index (χ2v) is 6.86. The van der Waals surface area contributed by atoms with E-state index in [0.717, 1.165) is 10.2 Å². The highest BCUT2D eigenvalue weighted by atomic mass is 35.5. The molecule has 0 aliphatic carbocycles. The Bertz CT molecular complexity index is 1130. The molecule has 1 atom stereocenters. The van der Waals surface area contributed by atoms with E-state index in [9.17, 15) is 14.0 Å². The van der Waals surface area contributed by atoms with Crippen molar-refractivity contribution in [1.29, 1.82) is 0 Å². The van der Waals surface area contributed by atoms with Gasteiger partial charge in [-0.15, -0.1) is 5.10 Å². The number of methoxy groups -OCH3 is 1. The number of nitrogens with one attached hydrogen (secondary N) is 1. The standard InChI is InChI=1S/C21H19ClFN3O4/c1-12-10-17(18(29-3)11-16(12)22)24-21(28)13(2)30-19-8-9-20(27)26(25-19)15-6-4-14(23)5-7-15/h4-11,13H,1-3H3,(H,24,28). The second kappa shape index (κ2) is 8.96. The Morgan fingerprint density at radius 1 is 1.20 bits per heavy atom. The van der Waals surface area contributed by atoms with E-state index < -0.39 is 23.4 Å². The van der Waals surface area contributed by atoms with E-state index in [1.54, 1.807) is 26.0 Å². The summed E-state index contributed by atoms with van der Waals surface area (Å²) < 4.78 is 25.0. The van der Waals surface area contributed by atoms with Crippen molar-refractivity contribution in [3.05, 3.63) is 75.3 Å². The summed E-state index contributed by atoms with van der Waals surface area (Å²) in [4.78, 5) is 24.7. The summed E-state index contributed by atoms with van der Waals surface area (Å²) in [5.41, 5.74) is 1.16. The highest BCUT2D eigenvalue weighted by Gasteiger charge is 2.19. The molecule has 7 nitrogen and oxygen atoms in total. The Morgan fingerprint density at radius 2 is 1.90 bits per heavy atom. The Morgan fingerprint density at radius 3 is 2.57 bits per heavy atom. The fourth-order valence-electron chi connectivity index (χ4n) is 2.62. The number of carbonyl (C=O) groups excluding carboxylic acids is 1. The third kappa shape index (κ3) is 4.77. The minimum absolute atomic E-state index is 0.0563. The quantitative estimate of drug-likeness (QED) is 0.642. The van der Waals surface area contributed by atoms with E-state index in [2.05, 4.69) is 10.4 Å². The Kier molecular flexibility index (Phi) is 6.37. The molecule has 1 unspecified atom stereocenters. The molecule has 30 heavy (non-hydrogen) atoms. The van der Waals surface area contributed by atoms with Gasteiger partial charge < -0.3 is 14.8 Å². The SMILES string of the molecule is COc1cc(Cl)c(C)cc1NC(=O)C(C)Oc1ccc(=O)n(-c2ccc(F)cc2)n1. The molecule has 2 aromatic carbocycles. The lowest BCUT2D eigenvalue weighted by molar-refractivity contribution is -0.122. The first-order valence-corrected chi connectivity index (χ1v) is 9.34. The van der Waals surface area contributed by atoms with E-state index in [1.165, 1.54) is 43.5 Å². The van der Waals surface area contributed by atoms with Crippen LogP contribution in [0.1, 0.15) is 12.5 Å². The molecule has 0 radical (unpaired) electrons. The van der Waals surface area contributed by atoms with E-state index >= 15 is 0 Å². The summed E-state index contributed by atoms with van der Waals surface area (Å²) in [7, 11) is 1.47. The van der Waals surface area contributed by atoms with Gasteiger partial charge in [0.25, 0.3) is 11.5 Å². The second-order valence-electron chi connectivity index (χ2n) is 6.45. The molecule has 1 heterocycles. The van der Waals surface area contributed by atoms with Crippen LogP contribution < -0.4 is 20.3 Å². The number of ether oxygens (including phenoxy) is 2. The van der Waals surface area contributed by atoms with Crippen molar-refractivity contribution < 1.29 is 18.7 Å². The van der Waals surface area contributed by atoms with Crippen LogP contribution in [-0.2, 0) is 4.79 Å². The van der Waals surface area contributed by atoms with E-state index in [1.807, 2.05) is 0 Å². The number of rotatable bonds is 6. The van der Waals surface area contributed by atoms with Crippen molar-refractivity contribution in [3.63, 3.8) is 0 Å². The molecule has 3 aromatic rings. The predicted molar refractivity (Wildman–Crippen MR) is 111 cm³/mol. The normalized spacial score (nSPS) is 11.6. The Labute approximate surface area is 177 Å². The summed E-state index contributed by atoms with van der Waals surface area (Å²) in [5, 5.41) is 7.34. The van der Waals surface area contributed by atoms with Gasteiger partial charge in [-0.05, 0) is 49.7 Å². The van der Waals surface area contributed by atoms with Gasteiger partial charge in [-0.2, -0.15) is 4.68 Å². The highest BCUT2D eigenvalue weighted by molar-refractivity contribution is 6.31. The van der Waals surface area contributed by atoms with Crippen LogP contribution in [0.3, 0.4) is 0 Å². The molecule has 0 fully saturated rings. The van der Waals surface area contributed by atoms with Crippen molar-refractivity contribution in [1.82, 2.24) is 9.78 Å². The summed E-state index contributed by atoms with van der Waals surface area (Å²) in [6.45, 7) is 3.35. The molecule has 0 aliphatic rings. The van der Waals surface area contributed by atoms with Crippen LogP contribution >= 0.6 is 11.6 Å². The number of halogens is 2. The molecule has 3 rings (SSSR count). The van der Waals surface area contributed by atoms with Gasteiger partial charge in [-0.1, -0.05) is 11.6 Å². The van der Waals surface area contributed by atoms with Gasteiger partial charge in [-0.3, -0.25) is 9.59 Å². The first-order chi connectivity index (χ1) is 14.3. The average Bonchev–Trinajstić information content (AvgIpc) is 2.72. The van der Waals surface area contributed by atoms with E-state index in [-0.39, 0.29) is 5.88 Å². The monoisotopic (exact) mass is 431 g/mol. The van der Waals surface area contributed by atoms with Crippen LogP contribution in [0.25, 0.3) is 5.69 Å². The van der Waals surface area contributed by atoms with Crippen molar-refractivity contribution in [2.45, 2.75) is 20.0 Å². The molecule has 1 amide bonds. The van der Waals surface area contributed by atoms with E-state index in [0.29, 0.717) is 22.1 Å². The largest absolute Gasteiger partial charge is 0.495 e. The summed E-state index contributed by atoms with van der Waals surface area (Å²) in [6.07, 6.45) is -0.933. The molecule has 0 aliphatic heterocycles. The zero-order valence-electron chi connectivity index (χ0n) is 16.5. The summed E-state index contributed by atoms with van der Waals surface area (Å²) >= 11 is 6.08. The lowest BCUT2D eigenvalue weighted by Gasteiger charge is -2.17. The zero-order chi connectivity index (χ0) is 21.8. The minimum Gasteiger partial charge on any atom is -0.495 e. The molecule has 1 N–H and O–H groups in total. The first kappa shape index (κ1) is 21.3. The lowest BCUT2D eigenvalue weighted by atomic mass is 10.2. The summed E-state index contributed by atoms with van der Waals surface area (Å²) in [6, 6.07) is 11.2. The van der Waals surface area contributed by atoms with Gasteiger partial charge in [0.1, 0.15) is 11.6 Å². The maximum absolute atomic E-state index is 13.1. The number of hydrogen-bond donors (Lipinski definition) is 1. The van der Waals surface area contributed by atoms with Gasteiger partial charge in [0, 0.05) is 23.2 Å². The lowest BCUT2D eigenvalue weighted by Crippen LogP contribution is -2.31. The maximum atomic E-state index is 13.1. The molecule has 0 spiro atoms. The number of carbonyl (C=O) groups is 1. The number of hydrogen-bond acceptors (Lipinski definition) is 5. The van der Waals surface area contributed by atoms with Crippen molar-refractivity contribution in [2.75, 3.05) is 12.4 Å². The van der Waals surface area contributed by atoms with Gasteiger partial charge in [-0.25, -0.2) is 4.39 Å². The van der Waals surface area contributed by atoms with Gasteiger partial charge in [0.2, 0.25) is 5.88 Å². The van der Waals surface area contributed by atoms with Crippen LogP contribution in [0.15, 0.2) is 53.3 Å². The van der Waals surface area contributed by atoms with Crippen LogP contribution in [-0.4, -0.2) is 28.9 Å². The molecular weight excluding hydrogens is 413 g/mol. The third-order valence-electron chi connectivity index (χ3n) is 4.25. The van der Waals surface area contributed by atoms with Gasteiger partial charge in [0.05, 0.1) is 18.5 Å². The van der Waals surface area contributed by atoms with Crippen LogP contribution in [0, 0.1) is 12.7 Å². The fourth-order valence-corrected chi connectivity index (χ4v) is 2.78. The van der Waals surface area contributed by atoms with Crippen molar-refractivity contribution in [3.8, 4) is 17.3 Å². The Balaban J connectivity index is 1.77. The van der Waals surface area contributed by atoms with Crippen LogP contribution in [0.2, 0.25) is 5.02 Å². The summed E-state index contributed by atoms with van der Waals surface area (Å²) in [5.74, 6) is -0.413. The number of benzene rings is 2. The van der Waals surface area contributed by atoms with Gasteiger partial charge in [0.15, 0.2) is 6.10 Å². The first-order valence-electron chi connectivity index (χ1n) is 8.96. The minimum atomic E-state index is -0.933. The molecule has 0 saturated heterocycles. The predicted octanol–water partition coefficient (Wildman–Crippen LogP) is 3.75. The molecular formula is C21H19ClFN3O4. The molecule has 9 heteroatoms. The molecule has 0 saturated carbocycles. The van der Waals surface area contributed by atoms with Crippen molar-refractivity contribution in [2.24, 2.45) is 0 Å².